The van der Waals surface area contributed by atoms with E-state index in [0.29, 0.717) is 22.8 Å². The van der Waals surface area contributed by atoms with Crippen LogP contribution in [0.4, 0.5) is 0 Å². The number of aromatic nitrogens is 2. The minimum atomic E-state index is -3.49. The first kappa shape index (κ1) is 15.5. The molecule has 0 aromatic carbocycles. The van der Waals surface area contributed by atoms with Gasteiger partial charge in [-0.25, -0.2) is 8.42 Å². The summed E-state index contributed by atoms with van der Waals surface area (Å²) < 4.78 is 26.9. The molecule has 1 fully saturated rings. The van der Waals surface area contributed by atoms with Gasteiger partial charge in [-0.2, -0.15) is 9.40 Å². The molecular formula is C13H24N4O2S. The van der Waals surface area contributed by atoms with Crippen LogP contribution >= 0.6 is 0 Å². The van der Waals surface area contributed by atoms with Crippen LogP contribution in [0.2, 0.25) is 0 Å². The standard InChI is InChI=1S/C13H24N4O2S/c1-10-12(11(2)15-14-10)20(18,19)17(5)9-13(16(3)4)7-6-8-13/h6-9H2,1-5H3,(H,14,15). The van der Waals surface area contributed by atoms with Crippen LogP contribution in [0.25, 0.3) is 0 Å². The summed E-state index contributed by atoms with van der Waals surface area (Å²) in [6.07, 6.45) is 3.25. The smallest absolute Gasteiger partial charge is 0.246 e. The summed E-state index contributed by atoms with van der Waals surface area (Å²) in [7, 11) is 2.21. The zero-order chi connectivity index (χ0) is 15.1. The van der Waals surface area contributed by atoms with Crippen molar-refractivity contribution in [1.82, 2.24) is 19.4 Å². The molecule has 0 bridgehead atoms. The normalized spacial score (nSPS) is 18.6. The summed E-state index contributed by atoms with van der Waals surface area (Å²) >= 11 is 0. The second-order valence-corrected chi connectivity index (χ2v) is 7.98. The number of H-pyrrole nitrogens is 1. The van der Waals surface area contributed by atoms with Crippen molar-refractivity contribution in [3.8, 4) is 0 Å². The summed E-state index contributed by atoms with van der Waals surface area (Å²) in [5.41, 5.74) is 1.11. The molecule has 0 saturated heterocycles. The topological polar surface area (TPSA) is 69.3 Å². The molecule has 1 heterocycles. The number of nitrogens with one attached hydrogen (secondary N) is 1. The zero-order valence-electron chi connectivity index (χ0n) is 12.9. The number of nitrogens with zero attached hydrogens (tertiary/aromatic N) is 3. The van der Waals surface area contributed by atoms with E-state index in [1.165, 1.54) is 4.31 Å². The molecule has 0 amide bonds. The van der Waals surface area contributed by atoms with Gasteiger partial charge in [-0.05, 0) is 47.2 Å². The third kappa shape index (κ3) is 2.38. The van der Waals surface area contributed by atoms with E-state index in [0.717, 1.165) is 19.3 Å². The van der Waals surface area contributed by atoms with Gasteiger partial charge in [-0.1, -0.05) is 0 Å². The van der Waals surface area contributed by atoms with Crippen molar-refractivity contribution in [2.45, 2.75) is 43.5 Å². The van der Waals surface area contributed by atoms with Gasteiger partial charge in [0.05, 0.1) is 11.4 Å². The highest BCUT2D eigenvalue weighted by atomic mass is 32.2. The largest absolute Gasteiger partial charge is 0.302 e. The van der Waals surface area contributed by atoms with E-state index in [9.17, 15) is 8.42 Å². The summed E-state index contributed by atoms with van der Waals surface area (Å²) in [5.74, 6) is 0. The number of hydrogen-bond donors (Lipinski definition) is 1. The fourth-order valence-corrected chi connectivity index (χ4v) is 4.48. The molecule has 1 aliphatic carbocycles. The molecule has 1 aliphatic rings. The van der Waals surface area contributed by atoms with Crippen LogP contribution in [0.5, 0.6) is 0 Å². The van der Waals surface area contributed by atoms with Crippen molar-refractivity contribution in [2.75, 3.05) is 27.7 Å². The van der Waals surface area contributed by atoms with Crippen LogP contribution in [-0.2, 0) is 10.0 Å². The quantitative estimate of drug-likeness (QED) is 0.885. The van der Waals surface area contributed by atoms with Crippen molar-refractivity contribution >= 4 is 10.0 Å². The highest BCUT2D eigenvalue weighted by Crippen LogP contribution is 2.37. The van der Waals surface area contributed by atoms with Crippen molar-refractivity contribution < 1.29 is 8.42 Å². The monoisotopic (exact) mass is 300 g/mol. The molecule has 0 aliphatic heterocycles. The summed E-state index contributed by atoms with van der Waals surface area (Å²) in [6.45, 7) is 3.98. The summed E-state index contributed by atoms with van der Waals surface area (Å²) in [5, 5.41) is 6.73. The van der Waals surface area contributed by atoms with E-state index in [4.69, 9.17) is 0 Å². The molecule has 1 aromatic rings. The van der Waals surface area contributed by atoms with Gasteiger partial charge in [0.2, 0.25) is 10.0 Å². The third-order valence-corrected chi connectivity index (χ3v) is 6.55. The Balaban J connectivity index is 2.27. The minimum absolute atomic E-state index is 0.0205. The molecule has 0 spiro atoms. The average Bonchev–Trinajstić information content (AvgIpc) is 2.63. The Bertz CT molecular complexity index is 568. The van der Waals surface area contributed by atoms with E-state index < -0.39 is 10.0 Å². The molecule has 1 aromatic heterocycles. The van der Waals surface area contributed by atoms with Gasteiger partial charge >= 0.3 is 0 Å². The second kappa shape index (κ2) is 5.13. The van der Waals surface area contributed by atoms with Gasteiger partial charge in [0.1, 0.15) is 4.90 Å². The molecule has 0 unspecified atom stereocenters. The minimum Gasteiger partial charge on any atom is -0.302 e. The number of hydrogen-bond acceptors (Lipinski definition) is 4. The van der Waals surface area contributed by atoms with Gasteiger partial charge in [-0.3, -0.25) is 5.10 Å². The van der Waals surface area contributed by atoms with Crippen LogP contribution in [0, 0.1) is 13.8 Å². The predicted molar refractivity (Wildman–Crippen MR) is 78.1 cm³/mol. The van der Waals surface area contributed by atoms with E-state index in [2.05, 4.69) is 15.1 Å². The van der Waals surface area contributed by atoms with Crippen LogP contribution in [0.3, 0.4) is 0 Å². The number of aryl methyl sites for hydroxylation is 2. The number of rotatable bonds is 5. The van der Waals surface area contributed by atoms with Gasteiger partial charge in [0, 0.05) is 19.1 Å². The fraction of sp³-hybridized carbons (Fsp3) is 0.769. The number of aromatic amines is 1. The van der Waals surface area contributed by atoms with E-state index in [-0.39, 0.29) is 5.54 Å². The first-order valence-corrected chi connectivity index (χ1v) is 8.30. The summed E-state index contributed by atoms with van der Waals surface area (Å²) in [4.78, 5) is 2.46. The first-order valence-electron chi connectivity index (χ1n) is 6.86. The van der Waals surface area contributed by atoms with Crippen molar-refractivity contribution in [2.24, 2.45) is 0 Å². The Morgan fingerprint density at radius 2 is 1.85 bits per heavy atom. The maximum Gasteiger partial charge on any atom is 0.246 e. The van der Waals surface area contributed by atoms with Crippen LogP contribution in [0.1, 0.15) is 30.7 Å². The van der Waals surface area contributed by atoms with Crippen LogP contribution in [-0.4, -0.2) is 61.0 Å². The van der Waals surface area contributed by atoms with Crippen molar-refractivity contribution in [3.05, 3.63) is 11.4 Å². The number of likely N-dealkylation sites (N-methyl/N-ethyl adjacent to an activating group) is 2. The van der Waals surface area contributed by atoms with Gasteiger partial charge in [0.15, 0.2) is 0 Å². The lowest BCUT2D eigenvalue weighted by Gasteiger charge is -2.48. The van der Waals surface area contributed by atoms with E-state index >= 15 is 0 Å². The molecule has 1 saturated carbocycles. The summed E-state index contributed by atoms with van der Waals surface area (Å²) in [6, 6.07) is 0. The van der Waals surface area contributed by atoms with Gasteiger partial charge in [0.25, 0.3) is 0 Å². The molecule has 0 radical (unpaired) electrons. The van der Waals surface area contributed by atoms with Crippen molar-refractivity contribution in [3.63, 3.8) is 0 Å². The molecule has 2 rings (SSSR count). The van der Waals surface area contributed by atoms with Crippen molar-refractivity contribution in [1.29, 1.82) is 0 Å². The first-order chi connectivity index (χ1) is 9.20. The van der Waals surface area contributed by atoms with E-state index in [1.807, 2.05) is 14.1 Å². The zero-order valence-corrected chi connectivity index (χ0v) is 13.7. The molecule has 6 nitrogen and oxygen atoms in total. The van der Waals surface area contributed by atoms with Gasteiger partial charge < -0.3 is 4.90 Å². The molecule has 114 valence electrons. The Morgan fingerprint density at radius 3 is 2.20 bits per heavy atom. The SMILES string of the molecule is Cc1n[nH]c(C)c1S(=O)(=O)N(C)CC1(N(C)C)CCC1. The lowest BCUT2D eigenvalue weighted by molar-refractivity contribution is 0.0455. The maximum absolute atomic E-state index is 12.7. The third-order valence-electron chi connectivity index (χ3n) is 4.48. The van der Waals surface area contributed by atoms with E-state index in [1.54, 1.807) is 20.9 Å². The molecule has 1 N–H and O–H groups in total. The Kier molecular flexibility index (Phi) is 3.96. The lowest BCUT2D eigenvalue weighted by Crippen LogP contribution is -2.57. The second-order valence-electron chi connectivity index (χ2n) is 6.00. The highest BCUT2D eigenvalue weighted by molar-refractivity contribution is 7.89. The fourth-order valence-electron chi connectivity index (χ4n) is 2.91. The van der Waals surface area contributed by atoms with Crippen LogP contribution < -0.4 is 0 Å². The maximum atomic E-state index is 12.7. The Labute approximate surface area is 121 Å². The highest BCUT2D eigenvalue weighted by Gasteiger charge is 2.42. The molecule has 7 heteroatoms. The molecule has 0 atom stereocenters. The number of sulfonamides is 1. The lowest BCUT2D eigenvalue weighted by atomic mass is 9.75. The Hall–Kier alpha value is -0.920. The predicted octanol–water partition coefficient (Wildman–Crippen LogP) is 1.13. The van der Waals surface area contributed by atoms with Crippen LogP contribution in [0.15, 0.2) is 4.90 Å². The van der Waals surface area contributed by atoms with Gasteiger partial charge in [-0.15, -0.1) is 0 Å². The Morgan fingerprint density at radius 1 is 1.25 bits per heavy atom. The average molecular weight is 300 g/mol. The molecule has 20 heavy (non-hydrogen) atoms. The molecular weight excluding hydrogens is 276 g/mol.